The lowest BCUT2D eigenvalue weighted by molar-refractivity contribution is 0.0940. The van der Waals surface area contributed by atoms with Gasteiger partial charge >= 0.3 is 0 Å². The van der Waals surface area contributed by atoms with Gasteiger partial charge in [-0.15, -0.1) is 21.5 Å². The Morgan fingerprint density at radius 2 is 1.69 bits per heavy atom. The molecular weight excluding hydrogens is 560 g/mol. The van der Waals surface area contributed by atoms with Gasteiger partial charge in [-0.1, -0.05) is 22.9 Å². The third-order valence-electron chi connectivity index (χ3n) is 7.35. The number of nitrogens with zero attached hydrogens (tertiary/aromatic N) is 7. The van der Waals surface area contributed by atoms with Crippen LogP contribution in [-0.4, -0.2) is 79.1 Å². The second kappa shape index (κ2) is 11.2. The Morgan fingerprint density at radius 1 is 0.978 bits per heavy atom. The lowest BCUT2D eigenvalue weighted by atomic mass is 9.61. The molecule has 2 aromatic carbocycles. The first kappa shape index (κ1) is 29.6. The van der Waals surface area contributed by atoms with Gasteiger partial charge < -0.3 is 11.1 Å². The molecule has 0 saturated carbocycles. The summed E-state index contributed by atoms with van der Waals surface area (Å²) in [6, 6.07) is 7.51. The van der Waals surface area contributed by atoms with Crippen LogP contribution in [-0.2, 0) is 7.05 Å². The quantitative estimate of drug-likeness (QED) is 0.164. The number of rotatable bonds is 4. The minimum atomic E-state index is -0.935. The molecule has 0 aliphatic heterocycles. The molecule has 45 heavy (non-hydrogen) atoms. The van der Waals surface area contributed by atoms with Gasteiger partial charge in [0.25, 0.3) is 11.5 Å². The predicted molar refractivity (Wildman–Crippen MR) is 177 cm³/mol. The van der Waals surface area contributed by atoms with Crippen LogP contribution >= 0.6 is 0 Å². The van der Waals surface area contributed by atoms with Gasteiger partial charge in [0, 0.05) is 30.7 Å². The van der Waals surface area contributed by atoms with Crippen molar-refractivity contribution in [1.29, 1.82) is 0 Å². The van der Waals surface area contributed by atoms with E-state index in [1.54, 1.807) is 61.4 Å². The second-order valence-corrected chi connectivity index (χ2v) is 10.2. The Morgan fingerprint density at radius 3 is 2.38 bits per heavy atom. The SMILES string of the molecule is [B]c1c([B])c([B])c(-n2c(C(C)NC(=O)c3c(N)nn4cccnc34)nc3cccc(C#Cc4ccnn4C)c3c2=O)c([B])c1[B]. The predicted octanol–water partition coefficient (Wildman–Crippen LogP) is -3.40. The fourth-order valence-electron chi connectivity index (χ4n) is 5.02. The number of hydrogen-bond acceptors (Lipinski definition) is 7. The van der Waals surface area contributed by atoms with E-state index in [0.717, 1.165) is 4.57 Å². The first-order chi connectivity index (χ1) is 21.5. The summed E-state index contributed by atoms with van der Waals surface area (Å²) in [7, 11) is 33.0. The highest BCUT2D eigenvalue weighted by Crippen LogP contribution is 2.21. The zero-order valence-corrected chi connectivity index (χ0v) is 24.1. The highest BCUT2D eigenvalue weighted by Gasteiger charge is 2.26. The Hall–Kier alpha value is -5.44. The molecule has 0 aliphatic rings. The monoisotopic (exact) mass is 579 g/mol. The Kier molecular flexibility index (Phi) is 7.40. The molecule has 1 amide bonds. The number of aromatic nitrogens is 7. The normalized spacial score (nSPS) is 11.8. The van der Waals surface area contributed by atoms with Crippen LogP contribution < -0.4 is 43.9 Å². The van der Waals surface area contributed by atoms with E-state index < -0.39 is 17.5 Å². The molecule has 0 fully saturated rings. The molecule has 1 atom stereocenters. The fraction of sp³-hybridized carbons (Fsp3) is 0.103. The van der Waals surface area contributed by atoms with Crippen LogP contribution in [0, 0.1) is 11.8 Å². The van der Waals surface area contributed by atoms with Gasteiger partial charge in [0.2, 0.25) is 0 Å². The number of nitrogens with one attached hydrogen (secondary N) is 1. The summed E-state index contributed by atoms with van der Waals surface area (Å²) in [4.78, 5) is 37.1. The molecule has 0 spiro atoms. The van der Waals surface area contributed by atoms with Gasteiger partial charge in [0.15, 0.2) is 11.5 Å². The molecule has 0 saturated heterocycles. The summed E-state index contributed by atoms with van der Waals surface area (Å²) in [5.74, 6) is 5.47. The number of carbonyl (C=O) groups is 1. The Labute approximate surface area is 263 Å². The van der Waals surface area contributed by atoms with Gasteiger partial charge in [0.05, 0.1) is 23.1 Å². The van der Waals surface area contributed by atoms with Crippen molar-refractivity contribution < 1.29 is 4.79 Å². The van der Waals surface area contributed by atoms with E-state index in [4.69, 9.17) is 49.9 Å². The number of fused-ring (bicyclic) bond motifs is 2. The van der Waals surface area contributed by atoms with Crippen molar-refractivity contribution in [1.82, 2.24) is 39.2 Å². The molecule has 11 nitrogen and oxygen atoms in total. The molecule has 1 unspecified atom stereocenters. The van der Waals surface area contributed by atoms with Crippen LogP contribution in [0.25, 0.3) is 22.2 Å². The van der Waals surface area contributed by atoms with Crippen molar-refractivity contribution in [3.05, 3.63) is 81.9 Å². The van der Waals surface area contributed by atoms with Crippen LogP contribution in [0.15, 0.2) is 53.7 Å². The summed E-state index contributed by atoms with van der Waals surface area (Å²) in [5, 5.41) is 11.3. The van der Waals surface area contributed by atoms with Gasteiger partial charge in [0.1, 0.15) is 56.3 Å². The molecule has 0 aliphatic carbocycles. The number of aryl methyl sites for hydroxylation is 1. The van der Waals surface area contributed by atoms with E-state index in [-0.39, 0.29) is 61.2 Å². The third kappa shape index (κ3) is 4.90. The average Bonchev–Trinajstić information content (AvgIpc) is 3.59. The standard InChI is InChI=1S/C29H18B5N9O2/c1-13(38-28(44)18-25(35)40-42-12-4-10-36-27(18)42)26-39-16-6-3-5-14(7-8-15-9-11-37-41(15)2)17(16)29(45)43(26)24-22(33)20(31)19(30)21(32)23(24)34/h3-6,9-13H,1-2H3,(H2,35,40)(H,38,44). The third-order valence-corrected chi connectivity index (χ3v) is 7.35. The number of nitrogen functional groups attached to an aromatic ring is 1. The van der Waals surface area contributed by atoms with Crippen LogP contribution in [0.1, 0.15) is 40.4 Å². The topological polar surface area (TPSA) is 138 Å². The highest BCUT2D eigenvalue weighted by molar-refractivity contribution is 6.68. The van der Waals surface area contributed by atoms with Crippen molar-refractivity contribution in [2.24, 2.45) is 7.05 Å². The first-order valence-corrected chi connectivity index (χ1v) is 13.5. The van der Waals surface area contributed by atoms with Crippen LogP contribution in [0.5, 0.6) is 0 Å². The number of carbonyl (C=O) groups excluding carboxylic acids is 1. The Balaban J connectivity index is 1.59. The molecule has 4 aromatic heterocycles. The first-order valence-electron chi connectivity index (χ1n) is 13.5. The van der Waals surface area contributed by atoms with Crippen molar-refractivity contribution in [3.63, 3.8) is 0 Å². The van der Waals surface area contributed by atoms with E-state index in [0.29, 0.717) is 16.8 Å². The molecule has 4 heterocycles. The van der Waals surface area contributed by atoms with E-state index in [1.807, 2.05) is 0 Å². The molecule has 6 rings (SSSR count). The maximum absolute atomic E-state index is 14.5. The van der Waals surface area contributed by atoms with Crippen LogP contribution in [0.2, 0.25) is 0 Å². The van der Waals surface area contributed by atoms with E-state index in [9.17, 15) is 9.59 Å². The molecule has 0 bridgehead atoms. The zero-order valence-electron chi connectivity index (χ0n) is 24.1. The molecule has 10 radical (unpaired) electrons. The average molecular weight is 579 g/mol. The van der Waals surface area contributed by atoms with Crippen molar-refractivity contribution in [2.45, 2.75) is 13.0 Å². The summed E-state index contributed by atoms with van der Waals surface area (Å²) in [6.07, 6.45) is 4.73. The minimum Gasteiger partial charge on any atom is -0.381 e. The smallest absolute Gasteiger partial charge is 0.267 e. The minimum absolute atomic E-state index is 0.0303. The summed E-state index contributed by atoms with van der Waals surface area (Å²) >= 11 is 0. The van der Waals surface area contributed by atoms with Crippen LogP contribution in [0.4, 0.5) is 5.82 Å². The molecule has 3 N–H and O–H groups in total. The van der Waals surface area contributed by atoms with E-state index in [1.165, 1.54) is 10.7 Å². The number of anilines is 1. The van der Waals surface area contributed by atoms with Crippen molar-refractivity contribution in [3.8, 4) is 17.5 Å². The lowest BCUT2D eigenvalue weighted by Gasteiger charge is -2.26. The molecular formula is C29H18B5N9O2. The number of nitrogens with two attached hydrogens (primary N) is 1. The molecule has 206 valence electrons. The van der Waals surface area contributed by atoms with Gasteiger partial charge in [-0.3, -0.25) is 18.8 Å². The van der Waals surface area contributed by atoms with Gasteiger partial charge in [-0.25, -0.2) is 14.5 Å². The summed E-state index contributed by atoms with van der Waals surface area (Å²) < 4.78 is 4.15. The van der Waals surface area contributed by atoms with Crippen LogP contribution in [0.3, 0.4) is 0 Å². The Bertz CT molecular complexity index is 2290. The van der Waals surface area contributed by atoms with E-state index in [2.05, 4.69) is 32.3 Å². The largest absolute Gasteiger partial charge is 0.381 e. The van der Waals surface area contributed by atoms with Crippen molar-refractivity contribution in [2.75, 3.05) is 5.73 Å². The number of amides is 1. The highest BCUT2D eigenvalue weighted by atomic mass is 16.2. The number of benzene rings is 2. The van der Waals surface area contributed by atoms with E-state index >= 15 is 0 Å². The van der Waals surface area contributed by atoms with Crippen molar-refractivity contribution >= 4 is 94.8 Å². The maximum Gasteiger partial charge on any atom is 0.267 e. The number of hydrogen-bond donors (Lipinski definition) is 2. The van der Waals surface area contributed by atoms with Gasteiger partial charge in [-0.05, 0) is 37.1 Å². The summed E-state index contributed by atoms with van der Waals surface area (Å²) in [5.41, 5.74) is 6.66. The summed E-state index contributed by atoms with van der Waals surface area (Å²) in [6.45, 7) is 1.62. The molecule has 6 aromatic rings. The maximum atomic E-state index is 14.5. The fourth-order valence-corrected chi connectivity index (χ4v) is 5.02. The van der Waals surface area contributed by atoms with Gasteiger partial charge in [-0.2, -0.15) is 5.10 Å². The zero-order chi connectivity index (χ0) is 32.2. The second-order valence-electron chi connectivity index (χ2n) is 10.2. The molecule has 16 heteroatoms. The lowest BCUT2D eigenvalue weighted by Crippen LogP contribution is -2.57.